The van der Waals surface area contributed by atoms with Crippen LogP contribution in [0.3, 0.4) is 0 Å². The fourth-order valence-corrected chi connectivity index (χ4v) is 6.92. The second-order valence-corrected chi connectivity index (χ2v) is 12.0. The second kappa shape index (κ2) is 10.3. The van der Waals surface area contributed by atoms with Gasteiger partial charge in [0.15, 0.2) is 23.5 Å². The second-order valence-electron chi connectivity index (χ2n) is 10.0. The number of rotatable bonds is 6. The van der Waals surface area contributed by atoms with Crippen LogP contribution in [0.4, 0.5) is 8.78 Å². The first kappa shape index (κ1) is 27.4. The van der Waals surface area contributed by atoms with Crippen LogP contribution in [-0.2, 0) is 27.8 Å². The minimum Gasteiger partial charge on any atom is -0.479 e. The van der Waals surface area contributed by atoms with E-state index >= 15 is 0 Å². The molecular weight excluding hydrogens is 566 g/mol. The first-order valence-corrected chi connectivity index (χ1v) is 14.4. The van der Waals surface area contributed by atoms with Crippen LogP contribution in [0.15, 0.2) is 83.8 Å². The molecule has 0 bridgehead atoms. The molecule has 2 N–H and O–H groups in total. The molecule has 0 fully saturated rings. The molecule has 1 unspecified atom stereocenters. The van der Waals surface area contributed by atoms with E-state index in [2.05, 4.69) is 5.32 Å². The lowest BCUT2D eigenvalue weighted by atomic mass is 9.95. The van der Waals surface area contributed by atoms with Gasteiger partial charge in [0.05, 0.1) is 4.90 Å². The maximum atomic E-state index is 13.8. The molecule has 1 heterocycles. The average molecular weight is 589 g/mol. The number of ketones is 1. The van der Waals surface area contributed by atoms with Crippen LogP contribution in [0.25, 0.3) is 11.1 Å². The number of carbonyl (C=O) groups is 3. The average Bonchev–Trinajstić information content (AvgIpc) is 3.28. The molecule has 212 valence electrons. The smallest absolute Gasteiger partial charge is 0.330 e. The number of amides is 1. The zero-order valence-corrected chi connectivity index (χ0v) is 22.6. The fraction of sp³-hybridized carbons (Fsp3) is 0.129. The van der Waals surface area contributed by atoms with E-state index in [1.165, 1.54) is 12.1 Å². The van der Waals surface area contributed by atoms with Crippen LogP contribution in [0.2, 0.25) is 0 Å². The Morgan fingerprint density at radius 2 is 1.60 bits per heavy atom. The predicted octanol–water partition coefficient (Wildman–Crippen LogP) is 4.48. The van der Waals surface area contributed by atoms with Gasteiger partial charge in [0.1, 0.15) is 0 Å². The van der Waals surface area contributed by atoms with E-state index < -0.39 is 44.5 Å². The summed E-state index contributed by atoms with van der Waals surface area (Å²) in [6.45, 7) is -0.0397. The monoisotopic (exact) mass is 588 g/mol. The first-order chi connectivity index (χ1) is 20.1. The number of aliphatic carboxylic acids is 1. The molecule has 4 aromatic rings. The number of hydrogen-bond acceptors (Lipinski definition) is 5. The summed E-state index contributed by atoms with van der Waals surface area (Å²) in [5.74, 6) is -4.70. The number of carbonyl (C=O) groups excluding carboxylic acids is 2. The maximum Gasteiger partial charge on any atom is 0.330 e. The van der Waals surface area contributed by atoms with Crippen molar-refractivity contribution >= 4 is 27.7 Å². The Hall–Kier alpha value is -4.74. The van der Waals surface area contributed by atoms with E-state index in [0.717, 1.165) is 22.0 Å². The highest BCUT2D eigenvalue weighted by atomic mass is 32.2. The van der Waals surface area contributed by atoms with Gasteiger partial charge in [-0.15, -0.1) is 0 Å². The first-order valence-electron chi connectivity index (χ1n) is 12.9. The Labute approximate surface area is 239 Å². The molecule has 0 aromatic heterocycles. The summed E-state index contributed by atoms with van der Waals surface area (Å²) in [6.07, 6.45) is 0.312. The van der Waals surface area contributed by atoms with Crippen molar-refractivity contribution in [2.45, 2.75) is 23.9 Å². The number of nitrogens with zero attached hydrogens (tertiary/aromatic N) is 1. The SMILES string of the molecule is O=C(NC(C(=O)O)c1ccc2c(c1)CN(S(=O)(=O)c1ccc(F)c(F)c1)CC2)c1cccc2c1-c1ccccc1C2=O. The molecule has 1 atom stereocenters. The summed E-state index contributed by atoms with van der Waals surface area (Å²) in [6, 6.07) is 17.2. The van der Waals surface area contributed by atoms with Crippen LogP contribution in [-0.4, -0.2) is 42.0 Å². The largest absolute Gasteiger partial charge is 0.479 e. The van der Waals surface area contributed by atoms with Crippen molar-refractivity contribution in [3.8, 4) is 11.1 Å². The minimum atomic E-state index is -4.17. The van der Waals surface area contributed by atoms with Crippen molar-refractivity contribution in [1.82, 2.24) is 9.62 Å². The quantitative estimate of drug-likeness (QED) is 0.302. The third-order valence-electron chi connectivity index (χ3n) is 7.59. The molecule has 0 saturated heterocycles. The number of hydrogen-bond donors (Lipinski definition) is 2. The molecule has 2 aliphatic rings. The van der Waals surface area contributed by atoms with Crippen LogP contribution < -0.4 is 5.32 Å². The summed E-state index contributed by atoms with van der Waals surface area (Å²) in [5.41, 5.74) is 3.51. The van der Waals surface area contributed by atoms with Crippen LogP contribution in [0.1, 0.15) is 49.0 Å². The van der Waals surface area contributed by atoms with E-state index in [0.29, 0.717) is 40.3 Å². The lowest BCUT2D eigenvalue weighted by Crippen LogP contribution is -2.37. The highest BCUT2D eigenvalue weighted by Gasteiger charge is 2.33. The highest BCUT2D eigenvalue weighted by Crippen LogP contribution is 2.39. The van der Waals surface area contributed by atoms with Crippen LogP contribution in [0.5, 0.6) is 0 Å². The summed E-state index contributed by atoms with van der Waals surface area (Å²) < 4.78 is 54.6. The van der Waals surface area contributed by atoms with Gasteiger partial charge in [0, 0.05) is 35.3 Å². The zero-order chi connectivity index (χ0) is 29.8. The van der Waals surface area contributed by atoms with E-state index in [-0.39, 0.29) is 30.0 Å². The van der Waals surface area contributed by atoms with E-state index in [1.807, 2.05) is 0 Å². The van der Waals surface area contributed by atoms with Crippen molar-refractivity contribution in [1.29, 1.82) is 0 Å². The van der Waals surface area contributed by atoms with Gasteiger partial charge in [-0.3, -0.25) is 9.59 Å². The van der Waals surface area contributed by atoms with Gasteiger partial charge in [-0.05, 0) is 52.9 Å². The molecule has 1 amide bonds. The van der Waals surface area contributed by atoms with E-state index in [1.54, 1.807) is 48.5 Å². The molecule has 0 spiro atoms. The standard InChI is InChI=1S/C31H22F2N2O6S/c32-25-11-10-20(15-26(25)33)42(40,41)35-13-12-17-8-9-18(14-19(17)16-35)28(31(38)39)34-30(37)24-7-3-6-23-27(24)21-4-1-2-5-22(21)29(23)36/h1-11,14-15,28H,12-13,16H2,(H,34,37)(H,38,39). The summed E-state index contributed by atoms with van der Waals surface area (Å²) in [5, 5.41) is 12.6. The molecule has 6 rings (SSSR count). The lowest BCUT2D eigenvalue weighted by Gasteiger charge is -2.29. The number of carboxylic acid groups (broad SMARTS) is 1. The fourth-order valence-electron chi connectivity index (χ4n) is 5.48. The van der Waals surface area contributed by atoms with Crippen LogP contribution in [0, 0.1) is 11.6 Å². The topological polar surface area (TPSA) is 121 Å². The predicted molar refractivity (Wildman–Crippen MR) is 147 cm³/mol. The van der Waals surface area contributed by atoms with Gasteiger partial charge in [0.2, 0.25) is 10.0 Å². The van der Waals surface area contributed by atoms with Crippen molar-refractivity contribution < 1.29 is 36.7 Å². The number of carboxylic acids is 1. The molecule has 0 saturated carbocycles. The molecular formula is C31H22F2N2O6S. The number of sulfonamides is 1. The number of fused-ring (bicyclic) bond motifs is 4. The number of nitrogens with one attached hydrogen (secondary N) is 1. The Balaban J connectivity index is 1.29. The zero-order valence-electron chi connectivity index (χ0n) is 21.8. The van der Waals surface area contributed by atoms with Gasteiger partial charge in [-0.2, -0.15) is 4.31 Å². The van der Waals surface area contributed by atoms with Gasteiger partial charge in [-0.1, -0.05) is 54.6 Å². The number of halogens is 2. The lowest BCUT2D eigenvalue weighted by molar-refractivity contribution is -0.139. The highest BCUT2D eigenvalue weighted by molar-refractivity contribution is 7.89. The molecule has 1 aliphatic carbocycles. The van der Waals surface area contributed by atoms with Gasteiger partial charge in [-0.25, -0.2) is 22.0 Å². The summed E-state index contributed by atoms with van der Waals surface area (Å²) >= 11 is 0. The minimum absolute atomic E-state index is 0.0894. The van der Waals surface area contributed by atoms with Crippen molar-refractivity contribution in [2.75, 3.05) is 6.54 Å². The molecule has 8 nitrogen and oxygen atoms in total. The summed E-state index contributed by atoms with van der Waals surface area (Å²) in [7, 11) is -4.17. The third-order valence-corrected chi connectivity index (χ3v) is 9.43. The van der Waals surface area contributed by atoms with Crippen molar-refractivity contribution in [3.63, 3.8) is 0 Å². The molecule has 11 heteroatoms. The summed E-state index contributed by atoms with van der Waals surface area (Å²) in [4.78, 5) is 38.3. The Morgan fingerprint density at radius 1 is 0.857 bits per heavy atom. The Kier molecular flexibility index (Phi) is 6.71. The molecule has 4 aromatic carbocycles. The van der Waals surface area contributed by atoms with Gasteiger partial charge < -0.3 is 10.4 Å². The normalized spacial score (nSPS) is 15.0. The number of benzene rings is 4. The Morgan fingerprint density at radius 3 is 2.33 bits per heavy atom. The molecule has 1 aliphatic heterocycles. The van der Waals surface area contributed by atoms with Crippen LogP contribution >= 0.6 is 0 Å². The van der Waals surface area contributed by atoms with Crippen molar-refractivity contribution in [3.05, 3.63) is 124 Å². The van der Waals surface area contributed by atoms with Gasteiger partial charge in [0.25, 0.3) is 5.91 Å². The van der Waals surface area contributed by atoms with E-state index in [4.69, 9.17) is 0 Å². The molecule has 0 radical (unpaired) electrons. The third kappa shape index (κ3) is 4.56. The maximum absolute atomic E-state index is 13.8. The molecule has 42 heavy (non-hydrogen) atoms. The van der Waals surface area contributed by atoms with Gasteiger partial charge >= 0.3 is 5.97 Å². The van der Waals surface area contributed by atoms with E-state index in [9.17, 15) is 36.7 Å². The Bertz CT molecular complexity index is 1920. The van der Waals surface area contributed by atoms with Crippen molar-refractivity contribution in [2.24, 2.45) is 0 Å².